The number of benzene rings is 1. The molecular weight excluding hydrogens is 372 g/mol. The molecule has 3 saturated heterocycles. The van der Waals surface area contributed by atoms with E-state index < -0.39 is 6.04 Å². The van der Waals surface area contributed by atoms with E-state index in [1.54, 1.807) is 4.90 Å². The first-order chi connectivity index (χ1) is 14.0. The van der Waals surface area contributed by atoms with Gasteiger partial charge in [-0.25, -0.2) is 0 Å². The van der Waals surface area contributed by atoms with Gasteiger partial charge in [-0.15, -0.1) is 0 Å². The summed E-state index contributed by atoms with van der Waals surface area (Å²) in [6, 6.07) is 6.31. The molecule has 4 aliphatic heterocycles. The van der Waals surface area contributed by atoms with Gasteiger partial charge in [-0.05, 0) is 36.5 Å². The number of imide groups is 1. The van der Waals surface area contributed by atoms with E-state index in [0.29, 0.717) is 30.6 Å². The maximum atomic E-state index is 12.8. The minimum Gasteiger partial charge on any atom is -0.395 e. The van der Waals surface area contributed by atoms with E-state index in [2.05, 4.69) is 21.6 Å². The Bertz CT molecular complexity index is 872. The van der Waals surface area contributed by atoms with Crippen molar-refractivity contribution in [2.45, 2.75) is 62.9 Å². The zero-order valence-electron chi connectivity index (χ0n) is 16.3. The lowest BCUT2D eigenvalue weighted by atomic mass is 10.0. The highest BCUT2D eigenvalue weighted by Crippen LogP contribution is 2.33. The fourth-order valence-electron chi connectivity index (χ4n) is 5.41. The molecule has 1 aromatic rings. The fourth-order valence-corrected chi connectivity index (χ4v) is 5.41. The monoisotopic (exact) mass is 398 g/mol. The Hall–Kier alpha value is -2.29. The Labute approximate surface area is 169 Å². The summed E-state index contributed by atoms with van der Waals surface area (Å²) in [7, 11) is 0. The van der Waals surface area contributed by atoms with Gasteiger partial charge < -0.3 is 15.3 Å². The molecule has 3 amide bonds. The first kappa shape index (κ1) is 18.7. The van der Waals surface area contributed by atoms with Crippen molar-refractivity contribution in [1.82, 2.24) is 20.4 Å². The van der Waals surface area contributed by atoms with Gasteiger partial charge in [0.15, 0.2) is 0 Å². The summed E-state index contributed by atoms with van der Waals surface area (Å²) in [4.78, 5) is 40.5. The molecule has 8 nitrogen and oxygen atoms in total. The molecule has 1 aromatic carbocycles. The Morgan fingerprint density at radius 3 is 2.79 bits per heavy atom. The van der Waals surface area contributed by atoms with Crippen LogP contribution in [0.1, 0.15) is 47.2 Å². The van der Waals surface area contributed by atoms with Crippen LogP contribution in [-0.4, -0.2) is 69.9 Å². The van der Waals surface area contributed by atoms with Crippen LogP contribution < -0.4 is 10.6 Å². The lowest BCUT2D eigenvalue weighted by Crippen LogP contribution is -2.58. The van der Waals surface area contributed by atoms with Crippen LogP contribution in [0.5, 0.6) is 0 Å². The second-order valence-corrected chi connectivity index (χ2v) is 8.56. The molecular formula is C21H26N4O4. The third-order valence-electron chi connectivity index (χ3n) is 6.92. The molecule has 0 spiro atoms. The Morgan fingerprint density at radius 1 is 1.14 bits per heavy atom. The van der Waals surface area contributed by atoms with Gasteiger partial charge in [0.25, 0.3) is 5.91 Å². The van der Waals surface area contributed by atoms with E-state index in [4.69, 9.17) is 0 Å². The Kier molecular flexibility index (Phi) is 4.64. The number of amides is 3. The largest absolute Gasteiger partial charge is 0.395 e. The highest BCUT2D eigenvalue weighted by atomic mass is 16.3. The minimum absolute atomic E-state index is 0.118. The highest BCUT2D eigenvalue weighted by Gasteiger charge is 2.42. The number of piperidine rings is 1. The van der Waals surface area contributed by atoms with Gasteiger partial charge in [-0.2, -0.15) is 0 Å². The van der Waals surface area contributed by atoms with Crippen LogP contribution in [0.3, 0.4) is 0 Å². The number of nitrogens with zero attached hydrogens (tertiary/aromatic N) is 2. The van der Waals surface area contributed by atoms with Crippen molar-refractivity contribution in [3.05, 3.63) is 34.9 Å². The molecule has 4 heterocycles. The minimum atomic E-state index is -0.578. The number of hydrogen-bond donors (Lipinski definition) is 3. The smallest absolute Gasteiger partial charge is 0.255 e. The Balaban J connectivity index is 1.33. The normalized spacial score (nSPS) is 31.9. The number of carbonyl (C=O) groups is 3. The van der Waals surface area contributed by atoms with E-state index in [1.807, 2.05) is 12.1 Å². The van der Waals surface area contributed by atoms with Crippen LogP contribution in [-0.2, 0) is 22.7 Å². The number of carbonyl (C=O) groups excluding carboxylic acids is 3. The van der Waals surface area contributed by atoms with Gasteiger partial charge in [-0.1, -0.05) is 12.1 Å². The molecule has 3 N–H and O–H groups in total. The van der Waals surface area contributed by atoms with Crippen LogP contribution in [0.15, 0.2) is 18.2 Å². The lowest BCUT2D eigenvalue weighted by Gasteiger charge is -2.40. The van der Waals surface area contributed by atoms with Crippen molar-refractivity contribution in [2.75, 3.05) is 13.2 Å². The third kappa shape index (κ3) is 3.15. The molecule has 8 heteroatoms. The summed E-state index contributed by atoms with van der Waals surface area (Å²) in [5, 5.41) is 15.4. The molecule has 2 bridgehead atoms. The van der Waals surface area contributed by atoms with Crippen LogP contribution in [0.2, 0.25) is 0 Å². The molecule has 29 heavy (non-hydrogen) atoms. The molecule has 4 atom stereocenters. The fraction of sp³-hybridized carbons (Fsp3) is 0.571. The topological polar surface area (TPSA) is 102 Å². The molecule has 0 radical (unpaired) electrons. The van der Waals surface area contributed by atoms with Gasteiger partial charge in [-0.3, -0.25) is 24.6 Å². The molecule has 0 aromatic heterocycles. The SMILES string of the molecule is O=C1CCC(N2Cc3cc(CN4C5CCC4C(CO)NC5)ccc3C2=O)C(=O)N1. The molecule has 0 aliphatic carbocycles. The number of fused-ring (bicyclic) bond motifs is 3. The standard InChI is InChI=1S/C21H26N4O4/c26-11-16-17-4-2-14(8-22-16)24(17)9-12-1-3-15-13(7-12)10-25(21(15)29)18-5-6-19(27)23-20(18)28/h1,3,7,14,16-18,22,26H,2,4-6,8-11H2,(H,23,27,28). The van der Waals surface area contributed by atoms with Crippen LogP contribution in [0, 0.1) is 0 Å². The summed E-state index contributed by atoms with van der Waals surface area (Å²) in [6.45, 7) is 2.25. The van der Waals surface area contributed by atoms with Crippen molar-refractivity contribution in [1.29, 1.82) is 0 Å². The van der Waals surface area contributed by atoms with Crippen molar-refractivity contribution in [3.8, 4) is 0 Å². The molecule has 154 valence electrons. The van der Waals surface area contributed by atoms with Crippen molar-refractivity contribution in [2.24, 2.45) is 0 Å². The van der Waals surface area contributed by atoms with E-state index >= 15 is 0 Å². The number of hydrogen-bond acceptors (Lipinski definition) is 6. The number of nitrogens with one attached hydrogen (secondary N) is 2. The second-order valence-electron chi connectivity index (χ2n) is 8.56. The zero-order valence-corrected chi connectivity index (χ0v) is 16.3. The molecule has 4 aliphatic rings. The van der Waals surface area contributed by atoms with Crippen molar-refractivity contribution < 1.29 is 19.5 Å². The van der Waals surface area contributed by atoms with Gasteiger partial charge in [0.1, 0.15) is 6.04 Å². The van der Waals surface area contributed by atoms with Crippen LogP contribution in [0.25, 0.3) is 0 Å². The number of aliphatic hydroxyl groups is 1. The van der Waals surface area contributed by atoms with Crippen LogP contribution >= 0.6 is 0 Å². The first-order valence-corrected chi connectivity index (χ1v) is 10.4. The van der Waals surface area contributed by atoms with Gasteiger partial charge in [0.05, 0.1) is 6.61 Å². The molecule has 4 unspecified atom stereocenters. The Morgan fingerprint density at radius 2 is 2.00 bits per heavy atom. The van der Waals surface area contributed by atoms with Gasteiger partial charge in [0, 0.05) is 49.7 Å². The summed E-state index contributed by atoms with van der Waals surface area (Å²) in [5.74, 6) is -0.789. The second kappa shape index (κ2) is 7.19. The van der Waals surface area contributed by atoms with Gasteiger partial charge >= 0.3 is 0 Å². The average molecular weight is 398 g/mol. The maximum Gasteiger partial charge on any atom is 0.255 e. The lowest BCUT2D eigenvalue weighted by molar-refractivity contribution is -0.136. The predicted octanol–water partition coefficient (Wildman–Crippen LogP) is -0.255. The third-order valence-corrected chi connectivity index (χ3v) is 6.92. The first-order valence-electron chi connectivity index (χ1n) is 10.4. The summed E-state index contributed by atoms with van der Waals surface area (Å²) < 4.78 is 0. The van der Waals surface area contributed by atoms with E-state index in [9.17, 15) is 19.5 Å². The number of aliphatic hydroxyl groups excluding tert-OH is 1. The highest BCUT2D eigenvalue weighted by molar-refractivity contribution is 6.05. The van der Waals surface area contributed by atoms with Crippen molar-refractivity contribution >= 4 is 17.7 Å². The van der Waals surface area contributed by atoms with Crippen molar-refractivity contribution in [3.63, 3.8) is 0 Å². The zero-order chi connectivity index (χ0) is 20.1. The number of piperazine rings is 1. The molecule has 0 saturated carbocycles. The quantitative estimate of drug-likeness (QED) is 0.605. The molecule has 3 fully saturated rings. The summed E-state index contributed by atoms with van der Waals surface area (Å²) in [5.41, 5.74) is 2.74. The molecule has 5 rings (SSSR count). The predicted molar refractivity (Wildman–Crippen MR) is 104 cm³/mol. The summed E-state index contributed by atoms with van der Waals surface area (Å²) in [6.07, 6.45) is 2.88. The average Bonchev–Trinajstić information content (AvgIpc) is 3.15. The van der Waals surface area contributed by atoms with E-state index in [0.717, 1.165) is 37.1 Å². The van der Waals surface area contributed by atoms with E-state index in [-0.39, 0.29) is 36.8 Å². The van der Waals surface area contributed by atoms with E-state index in [1.165, 1.54) is 0 Å². The maximum absolute atomic E-state index is 12.8. The summed E-state index contributed by atoms with van der Waals surface area (Å²) >= 11 is 0. The number of rotatable bonds is 4. The van der Waals surface area contributed by atoms with Crippen LogP contribution in [0.4, 0.5) is 0 Å². The van der Waals surface area contributed by atoms with Gasteiger partial charge in [0.2, 0.25) is 11.8 Å².